The molecule has 0 saturated heterocycles. The number of aryl methyl sites for hydroxylation is 1. The van der Waals surface area contributed by atoms with E-state index < -0.39 is 0 Å². The molecule has 0 saturated carbocycles. The third-order valence-electron chi connectivity index (χ3n) is 3.75. The van der Waals surface area contributed by atoms with Crippen molar-refractivity contribution in [1.29, 1.82) is 0 Å². The molecule has 0 spiro atoms. The van der Waals surface area contributed by atoms with Crippen LogP contribution in [0.1, 0.15) is 5.69 Å². The van der Waals surface area contributed by atoms with Gasteiger partial charge in [0.15, 0.2) is 0 Å². The Kier molecular flexibility index (Phi) is 2.64. The number of benzene rings is 2. The Morgan fingerprint density at radius 1 is 1.10 bits per heavy atom. The Morgan fingerprint density at radius 3 is 2.81 bits per heavy atom. The first-order valence-corrected chi connectivity index (χ1v) is 6.92. The summed E-state index contributed by atoms with van der Waals surface area (Å²) in [6, 6.07) is 22.1. The van der Waals surface area contributed by atoms with Crippen LogP contribution in [0.15, 0.2) is 60.8 Å². The van der Waals surface area contributed by atoms with E-state index in [0.29, 0.717) is 0 Å². The zero-order valence-corrected chi connectivity index (χ0v) is 11.7. The standard InChI is InChI=1S/C18H14N3/c1-13-7-10-18(14-5-3-2-4-6-14)21(13)16-9-8-15-12-19-20-17(15)11-16/h2-6,8-12H,1H3,(H,19,20). The fraction of sp³-hybridized carbons (Fsp3) is 0.0556. The maximum Gasteiger partial charge on any atom is 0.0671 e. The Balaban J connectivity index is 1.93. The number of nitrogens with one attached hydrogen (secondary N) is 1. The number of nitrogens with zero attached hydrogens (tertiary/aromatic N) is 2. The first-order chi connectivity index (χ1) is 10.3. The number of aromatic nitrogens is 3. The van der Waals surface area contributed by atoms with Gasteiger partial charge in [0.2, 0.25) is 0 Å². The molecule has 1 radical (unpaired) electrons. The van der Waals surface area contributed by atoms with Crippen LogP contribution in [0, 0.1) is 13.0 Å². The molecule has 101 valence electrons. The van der Waals surface area contributed by atoms with Gasteiger partial charge in [-0.15, -0.1) is 0 Å². The summed E-state index contributed by atoms with van der Waals surface area (Å²) >= 11 is 0. The SMILES string of the molecule is Cc1[c]cc(-c2ccccc2)n1-c1ccc2cn[nH]c2c1. The Bertz CT molecular complexity index is 901. The van der Waals surface area contributed by atoms with E-state index in [2.05, 4.69) is 70.2 Å². The van der Waals surface area contributed by atoms with Gasteiger partial charge in [0.1, 0.15) is 0 Å². The molecule has 0 unspecified atom stereocenters. The molecule has 0 bridgehead atoms. The molecule has 0 fully saturated rings. The van der Waals surface area contributed by atoms with Crippen molar-refractivity contribution in [2.45, 2.75) is 6.92 Å². The van der Waals surface area contributed by atoms with Crippen LogP contribution in [-0.2, 0) is 0 Å². The van der Waals surface area contributed by atoms with Crippen molar-refractivity contribution >= 4 is 10.9 Å². The van der Waals surface area contributed by atoms with Crippen molar-refractivity contribution in [3.05, 3.63) is 72.6 Å². The molecule has 0 atom stereocenters. The lowest BCUT2D eigenvalue weighted by Crippen LogP contribution is -1.98. The molecule has 3 heteroatoms. The fourth-order valence-electron chi connectivity index (χ4n) is 2.70. The van der Waals surface area contributed by atoms with Crippen LogP contribution >= 0.6 is 0 Å². The van der Waals surface area contributed by atoms with Crippen molar-refractivity contribution < 1.29 is 0 Å². The predicted octanol–water partition coefficient (Wildman–Crippen LogP) is 4.13. The topological polar surface area (TPSA) is 33.6 Å². The van der Waals surface area contributed by atoms with Crippen molar-refractivity contribution in [3.8, 4) is 16.9 Å². The highest BCUT2D eigenvalue weighted by Crippen LogP contribution is 2.27. The van der Waals surface area contributed by atoms with Crippen LogP contribution in [-0.4, -0.2) is 14.8 Å². The molecule has 2 heterocycles. The quantitative estimate of drug-likeness (QED) is 0.585. The third-order valence-corrected chi connectivity index (χ3v) is 3.75. The highest BCUT2D eigenvalue weighted by Gasteiger charge is 2.10. The summed E-state index contributed by atoms with van der Waals surface area (Å²) in [6.45, 7) is 2.07. The summed E-state index contributed by atoms with van der Waals surface area (Å²) in [5.74, 6) is 0. The smallest absolute Gasteiger partial charge is 0.0671 e. The van der Waals surface area contributed by atoms with Crippen LogP contribution in [0.2, 0.25) is 0 Å². The molecular weight excluding hydrogens is 258 g/mol. The van der Waals surface area contributed by atoms with Crippen LogP contribution in [0.4, 0.5) is 0 Å². The minimum absolute atomic E-state index is 1.04. The minimum Gasteiger partial charge on any atom is -0.313 e. The van der Waals surface area contributed by atoms with Crippen molar-refractivity contribution in [2.75, 3.05) is 0 Å². The molecule has 3 nitrogen and oxygen atoms in total. The van der Waals surface area contributed by atoms with Gasteiger partial charge in [-0.25, -0.2) is 0 Å². The lowest BCUT2D eigenvalue weighted by atomic mass is 10.1. The zero-order chi connectivity index (χ0) is 14.2. The number of rotatable bonds is 2. The highest BCUT2D eigenvalue weighted by atomic mass is 15.1. The molecule has 0 aliphatic carbocycles. The van der Waals surface area contributed by atoms with Crippen LogP contribution < -0.4 is 0 Å². The van der Waals surface area contributed by atoms with Crippen LogP contribution in [0.25, 0.3) is 27.8 Å². The molecule has 2 aromatic heterocycles. The first-order valence-electron chi connectivity index (χ1n) is 6.92. The lowest BCUT2D eigenvalue weighted by molar-refractivity contribution is 1.02. The van der Waals surface area contributed by atoms with Crippen molar-refractivity contribution in [3.63, 3.8) is 0 Å². The van der Waals surface area contributed by atoms with Crippen molar-refractivity contribution in [1.82, 2.24) is 14.8 Å². The van der Waals surface area contributed by atoms with Gasteiger partial charge in [0.05, 0.1) is 17.4 Å². The summed E-state index contributed by atoms with van der Waals surface area (Å²) in [4.78, 5) is 0. The van der Waals surface area contributed by atoms with Crippen LogP contribution in [0.5, 0.6) is 0 Å². The average molecular weight is 272 g/mol. The predicted molar refractivity (Wildman–Crippen MR) is 84.4 cm³/mol. The molecule has 2 aromatic carbocycles. The third kappa shape index (κ3) is 1.94. The molecule has 0 aliphatic heterocycles. The van der Waals surface area contributed by atoms with E-state index in [9.17, 15) is 0 Å². The van der Waals surface area contributed by atoms with Gasteiger partial charge in [-0.05, 0) is 36.8 Å². The average Bonchev–Trinajstić information content (AvgIpc) is 3.13. The summed E-state index contributed by atoms with van der Waals surface area (Å²) in [5, 5.41) is 8.23. The monoisotopic (exact) mass is 272 g/mol. The second kappa shape index (κ2) is 4.63. The van der Waals surface area contributed by atoms with E-state index in [1.54, 1.807) is 0 Å². The number of hydrogen-bond acceptors (Lipinski definition) is 1. The minimum atomic E-state index is 1.04. The Hall–Kier alpha value is -2.81. The summed E-state index contributed by atoms with van der Waals surface area (Å²) in [6.07, 6.45) is 1.84. The maximum atomic E-state index is 4.08. The van der Waals surface area contributed by atoms with E-state index >= 15 is 0 Å². The van der Waals surface area contributed by atoms with Crippen LogP contribution in [0.3, 0.4) is 0 Å². The highest BCUT2D eigenvalue weighted by molar-refractivity contribution is 5.80. The summed E-state index contributed by atoms with van der Waals surface area (Å²) < 4.78 is 2.22. The number of H-pyrrole nitrogens is 1. The van der Waals surface area contributed by atoms with E-state index in [0.717, 1.165) is 28.0 Å². The van der Waals surface area contributed by atoms with Gasteiger partial charge in [-0.3, -0.25) is 5.10 Å². The number of aromatic amines is 1. The molecule has 4 rings (SSSR count). The number of hydrogen-bond donors (Lipinski definition) is 1. The molecule has 0 aliphatic rings. The Labute approximate surface area is 122 Å². The molecule has 0 amide bonds. The first kappa shape index (κ1) is 12.0. The number of fused-ring (bicyclic) bond motifs is 1. The summed E-state index contributed by atoms with van der Waals surface area (Å²) in [7, 11) is 0. The summed E-state index contributed by atoms with van der Waals surface area (Å²) in [5.41, 5.74) is 5.58. The normalized spacial score (nSPS) is 11.1. The second-order valence-electron chi connectivity index (χ2n) is 5.10. The van der Waals surface area contributed by atoms with Crippen molar-refractivity contribution in [2.24, 2.45) is 0 Å². The van der Waals surface area contributed by atoms with E-state index in [-0.39, 0.29) is 0 Å². The molecule has 21 heavy (non-hydrogen) atoms. The fourth-order valence-corrected chi connectivity index (χ4v) is 2.70. The van der Waals surface area contributed by atoms with Gasteiger partial charge in [0, 0.05) is 22.8 Å². The molecule has 1 N–H and O–H groups in total. The van der Waals surface area contributed by atoms with Gasteiger partial charge >= 0.3 is 0 Å². The Morgan fingerprint density at radius 2 is 1.95 bits per heavy atom. The zero-order valence-electron chi connectivity index (χ0n) is 11.7. The largest absolute Gasteiger partial charge is 0.313 e. The lowest BCUT2D eigenvalue weighted by Gasteiger charge is -2.12. The molecular formula is C18H14N3. The van der Waals surface area contributed by atoms with Gasteiger partial charge in [-0.1, -0.05) is 30.3 Å². The molecule has 4 aromatic rings. The van der Waals surface area contributed by atoms with Gasteiger partial charge in [-0.2, -0.15) is 5.10 Å². The van der Waals surface area contributed by atoms with E-state index in [4.69, 9.17) is 0 Å². The maximum absolute atomic E-state index is 4.08. The second-order valence-corrected chi connectivity index (χ2v) is 5.10. The van der Waals surface area contributed by atoms with Gasteiger partial charge < -0.3 is 4.57 Å². The van der Waals surface area contributed by atoms with E-state index in [1.807, 2.05) is 18.3 Å². The van der Waals surface area contributed by atoms with E-state index in [1.165, 1.54) is 5.56 Å². The van der Waals surface area contributed by atoms with Gasteiger partial charge in [0.25, 0.3) is 0 Å².